The van der Waals surface area contributed by atoms with Crippen LogP contribution in [-0.2, 0) is 5.92 Å². The Bertz CT molecular complexity index is 1470. The van der Waals surface area contributed by atoms with Crippen LogP contribution in [0.25, 0.3) is 10.9 Å². The topological polar surface area (TPSA) is 54.9 Å². The molecule has 1 amide bonds. The quantitative estimate of drug-likeness (QED) is 0.295. The van der Waals surface area contributed by atoms with E-state index >= 15 is 13.2 Å². The fourth-order valence-electron chi connectivity index (χ4n) is 4.35. The zero-order chi connectivity index (χ0) is 25.4. The molecule has 36 heavy (non-hydrogen) atoms. The summed E-state index contributed by atoms with van der Waals surface area (Å²) in [6.07, 6.45) is 1.90. The number of hydrogen-bond acceptors (Lipinski definition) is 4. The predicted octanol–water partition coefficient (Wildman–Crippen LogP) is 6.94. The number of nitrogens with zero attached hydrogens (tertiary/aromatic N) is 2. The van der Waals surface area contributed by atoms with Gasteiger partial charge in [0.1, 0.15) is 10.8 Å². The lowest BCUT2D eigenvalue weighted by Gasteiger charge is -2.20. The van der Waals surface area contributed by atoms with Crippen molar-refractivity contribution >= 4 is 28.6 Å². The largest absolute Gasteiger partial charge is 0.345 e. The molecule has 1 aromatic heterocycles. The molecule has 1 N–H and O–H groups in total. The van der Waals surface area contributed by atoms with Crippen molar-refractivity contribution in [1.29, 1.82) is 0 Å². The number of hydrogen-bond donors (Lipinski definition) is 1. The van der Waals surface area contributed by atoms with Crippen molar-refractivity contribution in [3.8, 4) is 0 Å². The van der Waals surface area contributed by atoms with Crippen LogP contribution < -0.4 is 5.32 Å². The number of carbonyl (C=O) groups is 1. The average Bonchev–Trinajstić information content (AvgIpc) is 3.69. The zero-order valence-corrected chi connectivity index (χ0v) is 20.6. The van der Waals surface area contributed by atoms with E-state index in [1.54, 1.807) is 61.5 Å². The molecule has 4 nitrogen and oxygen atoms in total. The molecule has 184 valence electrons. The van der Waals surface area contributed by atoms with E-state index in [0.29, 0.717) is 26.9 Å². The summed E-state index contributed by atoms with van der Waals surface area (Å²) in [5.74, 6) is -4.12. The molecule has 0 bridgehead atoms. The first kappa shape index (κ1) is 24.3. The summed E-state index contributed by atoms with van der Waals surface area (Å²) in [7, 11) is 0. The first-order chi connectivity index (χ1) is 17.2. The van der Waals surface area contributed by atoms with Crippen LogP contribution in [0.1, 0.15) is 51.4 Å². The van der Waals surface area contributed by atoms with Gasteiger partial charge < -0.3 is 5.32 Å². The summed E-state index contributed by atoms with van der Waals surface area (Å²) in [6.45, 7) is 2.57. The number of nitrogens with one attached hydrogen (secondary N) is 1. The molecule has 0 spiro atoms. The van der Waals surface area contributed by atoms with E-state index in [2.05, 4.69) is 15.5 Å². The minimum Gasteiger partial charge on any atom is -0.345 e. The number of amides is 1. The monoisotopic (exact) mass is 507 g/mol. The molecule has 1 aliphatic carbocycles. The van der Waals surface area contributed by atoms with Gasteiger partial charge in [0.05, 0.1) is 17.6 Å². The van der Waals surface area contributed by atoms with Gasteiger partial charge in [-0.25, -0.2) is 4.39 Å². The lowest BCUT2D eigenvalue weighted by Crippen LogP contribution is -2.36. The van der Waals surface area contributed by atoms with Gasteiger partial charge in [0.25, 0.3) is 11.8 Å². The molecule has 3 aromatic carbocycles. The number of aromatic nitrogens is 2. The number of benzene rings is 3. The second-order valence-corrected chi connectivity index (χ2v) is 10.2. The summed E-state index contributed by atoms with van der Waals surface area (Å²) in [5, 5.41) is 11.4. The highest BCUT2D eigenvalue weighted by molar-refractivity contribution is 7.99. The minimum atomic E-state index is -3.28. The Balaban J connectivity index is 1.47. The standard InChI is InChI=1S/C28H24F3N3OS/c1-16-10-13-21(17(2)14-16)28(30,31)15-32-26(35)24-20-6-3-4-8-22(20)33-34-27(24)36-23-9-5-7-19(25(23)29)18-11-12-18/h3-10,13-14,18H,11-12,15H2,1-2H3,(H,32,35). The van der Waals surface area contributed by atoms with Gasteiger partial charge in [0, 0.05) is 15.8 Å². The van der Waals surface area contributed by atoms with Gasteiger partial charge in [-0.2, -0.15) is 8.78 Å². The van der Waals surface area contributed by atoms with Crippen LogP contribution in [0, 0.1) is 19.7 Å². The SMILES string of the molecule is Cc1ccc(C(F)(F)CNC(=O)c2c(Sc3cccc(C4CC4)c3F)nnc3ccccc23)c(C)c1. The van der Waals surface area contributed by atoms with Crippen LogP contribution >= 0.6 is 11.8 Å². The Kier molecular flexibility index (Phi) is 6.47. The van der Waals surface area contributed by atoms with Crippen molar-refractivity contribution in [3.63, 3.8) is 0 Å². The number of carbonyl (C=O) groups excluding carboxylic acids is 1. The first-order valence-corrected chi connectivity index (χ1v) is 12.5. The summed E-state index contributed by atoms with van der Waals surface area (Å²) in [6, 6.07) is 16.7. The van der Waals surface area contributed by atoms with Crippen molar-refractivity contribution in [2.45, 2.75) is 48.5 Å². The highest BCUT2D eigenvalue weighted by Crippen LogP contribution is 2.44. The maximum Gasteiger partial charge on any atom is 0.290 e. The second kappa shape index (κ2) is 9.58. The Hall–Kier alpha value is -3.39. The highest BCUT2D eigenvalue weighted by Gasteiger charge is 2.34. The molecular weight excluding hydrogens is 483 g/mol. The maximum absolute atomic E-state index is 15.2. The molecule has 1 saturated carbocycles. The number of aryl methyl sites for hydroxylation is 2. The van der Waals surface area contributed by atoms with E-state index in [9.17, 15) is 4.79 Å². The van der Waals surface area contributed by atoms with Crippen molar-refractivity contribution in [1.82, 2.24) is 15.5 Å². The highest BCUT2D eigenvalue weighted by atomic mass is 32.2. The number of halogens is 3. The van der Waals surface area contributed by atoms with Gasteiger partial charge in [0.2, 0.25) is 0 Å². The van der Waals surface area contributed by atoms with E-state index in [1.165, 1.54) is 6.07 Å². The van der Waals surface area contributed by atoms with Crippen LogP contribution in [0.3, 0.4) is 0 Å². The van der Waals surface area contributed by atoms with Crippen LogP contribution in [0.4, 0.5) is 13.2 Å². The van der Waals surface area contributed by atoms with Gasteiger partial charge in [-0.3, -0.25) is 4.79 Å². The molecular formula is C28H24F3N3OS. The molecule has 5 rings (SSSR count). The minimum absolute atomic E-state index is 0.0956. The van der Waals surface area contributed by atoms with Gasteiger partial charge in [-0.05, 0) is 55.9 Å². The summed E-state index contributed by atoms with van der Waals surface area (Å²) in [4.78, 5) is 13.7. The summed E-state index contributed by atoms with van der Waals surface area (Å²) in [5.41, 5.74) is 2.38. The Morgan fingerprint density at radius 1 is 1.06 bits per heavy atom. The molecule has 0 atom stereocenters. The van der Waals surface area contributed by atoms with Gasteiger partial charge in [-0.1, -0.05) is 65.9 Å². The fraction of sp³-hybridized carbons (Fsp3) is 0.250. The van der Waals surface area contributed by atoms with Crippen molar-refractivity contribution in [3.05, 3.63) is 94.3 Å². The second-order valence-electron chi connectivity index (χ2n) is 9.14. The molecule has 8 heteroatoms. The van der Waals surface area contributed by atoms with Crippen molar-refractivity contribution in [2.24, 2.45) is 0 Å². The Morgan fingerprint density at radius 2 is 1.83 bits per heavy atom. The molecule has 0 unspecified atom stereocenters. The third-order valence-corrected chi connectivity index (χ3v) is 7.34. The number of alkyl halides is 2. The van der Waals surface area contributed by atoms with E-state index in [1.807, 2.05) is 6.92 Å². The van der Waals surface area contributed by atoms with Crippen molar-refractivity contribution in [2.75, 3.05) is 6.54 Å². The van der Waals surface area contributed by atoms with E-state index in [4.69, 9.17) is 0 Å². The average molecular weight is 508 g/mol. The van der Waals surface area contributed by atoms with Crippen LogP contribution in [0.15, 0.2) is 70.6 Å². The molecule has 0 saturated heterocycles. The zero-order valence-electron chi connectivity index (χ0n) is 19.8. The normalized spacial score (nSPS) is 13.7. The predicted molar refractivity (Wildman–Crippen MR) is 134 cm³/mol. The smallest absolute Gasteiger partial charge is 0.290 e. The van der Waals surface area contributed by atoms with Crippen LogP contribution in [-0.4, -0.2) is 22.6 Å². The molecule has 0 radical (unpaired) electrons. The lowest BCUT2D eigenvalue weighted by atomic mass is 10.00. The van der Waals surface area contributed by atoms with E-state index < -0.39 is 18.4 Å². The van der Waals surface area contributed by atoms with Crippen LogP contribution in [0.5, 0.6) is 0 Å². The van der Waals surface area contributed by atoms with E-state index in [0.717, 1.165) is 30.2 Å². The van der Waals surface area contributed by atoms with Crippen molar-refractivity contribution < 1.29 is 18.0 Å². The summed E-state index contributed by atoms with van der Waals surface area (Å²) < 4.78 is 45.3. The Labute approximate surface area is 211 Å². The molecule has 1 heterocycles. The molecule has 0 aliphatic heterocycles. The van der Waals surface area contributed by atoms with Gasteiger partial charge in [-0.15, -0.1) is 10.2 Å². The maximum atomic E-state index is 15.2. The number of fused-ring (bicyclic) bond motifs is 1. The molecule has 4 aromatic rings. The Morgan fingerprint density at radius 3 is 2.58 bits per heavy atom. The third kappa shape index (κ3) is 4.82. The molecule has 1 aliphatic rings. The van der Waals surface area contributed by atoms with Gasteiger partial charge >= 0.3 is 0 Å². The third-order valence-electron chi connectivity index (χ3n) is 6.33. The lowest BCUT2D eigenvalue weighted by molar-refractivity contribution is -0.00309. The van der Waals surface area contributed by atoms with E-state index in [-0.39, 0.29) is 27.9 Å². The van der Waals surface area contributed by atoms with Crippen LogP contribution in [0.2, 0.25) is 0 Å². The summed E-state index contributed by atoms with van der Waals surface area (Å²) >= 11 is 0.980. The van der Waals surface area contributed by atoms with Gasteiger partial charge in [0.15, 0.2) is 0 Å². The molecule has 1 fully saturated rings. The number of rotatable bonds is 7. The fourth-order valence-corrected chi connectivity index (χ4v) is 5.30. The first-order valence-electron chi connectivity index (χ1n) is 11.7.